The molecular weight excluding hydrogens is 254 g/mol. The lowest BCUT2D eigenvalue weighted by molar-refractivity contribution is -0.135. The number of benzene rings is 1. The van der Waals surface area contributed by atoms with Crippen LogP contribution in [0.4, 0.5) is 0 Å². The maximum Gasteiger partial charge on any atom is 0.379 e. The van der Waals surface area contributed by atoms with Gasteiger partial charge in [-0.1, -0.05) is 17.7 Å². The fraction of sp³-hybridized carbons (Fsp3) is 0.231. The van der Waals surface area contributed by atoms with Crippen LogP contribution in [-0.4, -0.2) is 23.4 Å². The van der Waals surface area contributed by atoms with Crippen LogP contribution in [0.1, 0.15) is 17.3 Å². The summed E-state index contributed by atoms with van der Waals surface area (Å²) in [4.78, 5) is 23.3. The number of fused-ring (bicyclic) bond motifs is 1. The van der Waals surface area contributed by atoms with Crippen molar-refractivity contribution in [1.29, 1.82) is 0 Å². The van der Waals surface area contributed by atoms with Gasteiger partial charge in [0.15, 0.2) is 0 Å². The standard InChI is InChI=1S/C13H12ClNO3/c1-3-15-7-8(12(16)13(17)18-2)11-9(14)5-4-6-10(11)15/h4-7H,3H2,1-2H3. The lowest BCUT2D eigenvalue weighted by atomic mass is 10.1. The van der Waals surface area contributed by atoms with Gasteiger partial charge in [-0.2, -0.15) is 0 Å². The first-order chi connectivity index (χ1) is 8.60. The van der Waals surface area contributed by atoms with E-state index >= 15 is 0 Å². The zero-order chi connectivity index (χ0) is 13.3. The number of halogens is 1. The van der Waals surface area contributed by atoms with Crippen LogP contribution >= 0.6 is 11.6 Å². The van der Waals surface area contributed by atoms with Crippen molar-refractivity contribution in [1.82, 2.24) is 4.57 Å². The molecule has 0 spiro atoms. The van der Waals surface area contributed by atoms with Crippen LogP contribution in [-0.2, 0) is 16.1 Å². The van der Waals surface area contributed by atoms with E-state index in [0.29, 0.717) is 17.0 Å². The molecule has 1 aromatic carbocycles. The van der Waals surface area contributed by atoms with Gasteiger partial charge in [0.1, 0.15) is 0 Å². The Bertz CT molecular complexity index is 630. The molecule has 0 amide bonds. The quantitative estimate of drug-likeness (QED) is 0.487. The zero-order valence-corrected chi connectivity index (χ0v) is 10.8. The number of hydrogen-bond donors (Lipinski definition) is 0. The first-order valence-corrected chi connectivity index (χ1v) is 5.88. The molecule has 0 aliphatic heterocycles. The predicted molar refractivity (Wildman–Crippen MR) is 69.0 cm³/mol. The van der Waals surface area contributed by atoms with Crippen LogP contribution in [0.25, 0.3) is 10.9 Å². The van der Waals surface area contributed by atoms with Gasteiger partial charge in [0.2, 0.25) is 0 Å². The molecular formula is C13H12ClNO3. The van der Waals surface area contributed by atoms with Crippen molar-refractivity contribution < 1.29 is 14.3 Å². The van der Waals surface area contributed by atoms with E-state index in [1.54, 1.807) is 12.3 Å². The Kier molecular flexibility index (Phi) is 3.39. The zero-order valence-electron chi connectivity index (χ0n) is 10.1. The van der Waals surface area contributed by atoms with E-state index < -0.39 is 11.8 Å². The normalized spacial score (nSPS) is 10.6. The third-order valence-corrected chi connectivity index (χ3v) is 3.13. The molecule has 1 heterocycles. The van der Waals surface area contributed by atoms with Gasteiger partial charge in [-0.25, -0.2) is 4.79 Å². The number of esters is 1. The van der Waals surface area contributed by atoms with Gasteiger partial charge in [0.05, 0.1) is 23.2 Å². The van der Waals surface area contributed by atoms with Gasteiger partial charge in [0, 0.05) is 18.1 Å². The van der Waals surface area contributed by atoms with Crippen molar-refractivity contribution >= 4 is 34.3 Å². The van der Waals surface area contributed by atoms with Crippen LogP contribution in [0.5, 0.6) is 0 Å². The summed E-state index contributed by atoms with van der Waals surface area (Å²) in [5.74, 6) is -1.56. The molecule has 0 atom stereocenters. The number of aromatic nitrogens is 1. The molecule has 0 N–H and O–H groups in total. The van der Waals surface area contributed by atoms with E-state index in [9.17, 15) is 9.59 Å². The summed E-state index contributed by atoms with van der Waals surface area (Å²) in [6.45, 7) is 2.64. The topological polar surface area (TPSA) is 48.3 Å². The number of carbonyl (C=O) groups is 2. The van der Waals surface area contributed by atoms with Crippen molar-refractivity contribution in [3.05, 3.63) is 35.0 Å². The van der Waals surface area contributed by atoms with Gasteiger partial charge < -0.3 is 9.30 Å². The van der Waals surface area contributed by atoms with E-state index in [-0.39, 0.29) is 5.56 Å². The monoisotopic (exact) mass is 265 g/mol. The number of rotatable bonds is 3. The molecule has 94 valence electrons. The number of methoxy groups -OCH3 is 1. The second-order valence-corrected chi connectivity index (χ2v) is 4.19. The fourth-order valence-electron chi connectivity index (χ4n) is 1.95. The minimum absolute atomic E-state index is 0.282. The molecule has 0 aliphatic rings. The first-order valence-electron chi connectivity index (χ1n) is 5.50. The summed E-state index contributed by atoms with van der Waals surface area (Å²) in [6.07, 6.45) is 1.63. The Morgan fingerprint density at radius 3 is 2.72 bits per heavy atom. The van der Waals surface area contributed by atoms with E-state index in [2.05, 4.69) is 4.74 Å². The van der Waals surface area contributed by atoms with Gasteiger partial charge in [-0.05, 0) is 19.1 Å². The molecule has 1 aromatic heterocycles. The molecule has 0 saturated heterocycles. The number of aryl methyl sites for hydroxylation is 1. The van der Waals surface area contributed by atoms with Gasteiger partial charge in [-0.15, -0.1) is 0 Å². The summed E-state index contributed by atoms with van der Waals surface area (Å²) >= 11 is 6.11. The SMILES string of the molecule is CCn1cc(C(=O)C(=O)OC)c2c(Cl)cccc21. The molecule has 0 unspecified atom stereocenters. The number of hydrogen-bond acceptors (Lipinski definition) is 3. The van der Waals surface area contributed by atoms with Crippen LogP contribution in [0.3, 0.4) is 0 Å². The van der Waals surface area contributed by atoms with Crippen molar-refractivity contribution in [3.63, 3.8) is 0 Å². The number of Topliss-reactive ketones (excluding diaryl/α,β-unsaturated/α-hetero) is 1. The fourth-order valence-corrected chi connectivity index (χ4v) is 2.22. The Balaban J connectivity index is 2.71. The van der Waals surface area contributed by atoms with Crippen LogP contribution < -0.4 is 0 Å². The Hall–Kier alpha value is -1.81. The average Bonchev–Trinajstić information content (AvgIpc) is 2.77. The second-order valence-electron chi connectivity index (χ2n) is 3.78. The Morgan fingerprint density at radius 2 is 2.11 bits per heavy atom. The third-order valence-electron chi connectivity index (χ3n) is 2.81. The largest absolute Gasteiger partial charge is 0.463 e. The number of ketones is 1. The van der Waals surface area contributed by atoms with E-state index in [0.717, 1.165) is 5.52 Å². The van der Waals surface area contributed by atoms with Crippen LogP contribution in [0.15, 0.2) is 24.4 Å². The molecule has 0 aliphatic carbocycles. The Morgan fingerprint density at radius 1 is 1.39 bits per heavy atom. The van der Waals surface area contributed by atoms with Crippen molar-refractivity contribution in [2.75, 3.05) is 7.11 Å². The van der Waals surface area contributed by atoms with Crippen molar-refractivity contribution in [2.24, 2.45) is 0 Å². The van der Waals surface area contributed by atoms with Gasteiger partial charge in [-0.3, -0.25) is 4.79 Å². The highest BCUT2D eigenvalue weighted by atomic mass is 35.5. The summed E-state index contributed by atoms with van der Waals surface area (Å²) in [5.41, 5.74) is 1.11. The van der Waals surface area contributed by atoms with Crippen LogP contribution in [0, 0.1) is 0 Å². The summed E-state index contributed by atoms with van der Waals surface area (Å²) in [5, 5.41) is 1.04. The lowest BCUT2D eigenvalue weighted by Crippen LogP contribution is -2.15. The lowest BCUT2D eigenvalue weighted by Gasteiger charge is -2.00. The molecule has 2 aromatic rings. The van der Waals surface area contributed by atoms with Crippen molar-refractivity contribution in [3.8, 4) is 0 Å². The molecule has 5 heteroatoms. The van der Waals surface area contributed by atoms with E-state index in [1.165, 1.54) is 7.11 Å². The highest BCUT2D eigenvalue weighted by molar-refractivity contribution is 6.45. The number of carbonyl (C=O) groups excluding carboxylic acids is 2. The minimum atomic E-state index is -0.884. The molecule has 18 heavy (non-hydrogen) atoms. The molecule has 2 rings (SSSR count). The molecule has 0 fully saturated rings. The maximum atomic E-state index is 11.9. The third kappa shape index (κ3) is 1.88. The number of ether oxygens (including phenoxy) is 1. The Labute approximate surface area is 109 Å². The smallest absolute Gasteiger partial charge is 0.379 e. The van der Waals surface area contributed by atoms with E-state index in [1.807, 2.05) is 23.6 Å². The molecule has 0 bridgehead atoms. The highest BCUT2D eigenvalue weighted by Crippen LogP contribution is 2.29. The molecule has 0 saturated carbocycles. The summed E-state index contributed by atoms with van der Waals surface area (Å²) < 4.78 is 6.33. The average molecular weight is 266 g/mol. The minimum Gasteiger partial charge on any atom is -0.463 e. The predicted octanol–water partition coefficient (Wildman–Crippen LogP) is 2.67. The van der Waals surface area contributed by atoms with Gasteiger partial charge in [0.25, 0.3) is 5.78 Å². The van der Waals surface area contributed by atoms with Crippen molar-refractivity contribution in [2.45, 2.75) is 13.5 Å². The summed E-state index contributed by atoms with van der Waals surface area (Å²) in [6, 6.07) is 5.36. The first kappa shape index (κ1) is 12.6. The summed E-state index contributed by atoms with van der Waals surface area (Å²) in [7, 11) is 1.18. The number of nitrogens with zero attached hydrogens (tertiary/aromatic N) is 1. The second kappa shape index (κ2) is 4.82. The highest BCUT2D eigenvalue weighted by Gasteiger charge is 2.23. The van der Waals surface area contributed by atoms with E-state index in [4.69, 9.17) is 11.6 Å². The van der Waals surface area contributed by atoms with Gasteiger partial charge >= 0.3 is 5.97 Å². The maximum absolute atomic E-state index is 11.9. The molecule has 0 radical (unpaired) electrons. The van der Waals surface area contributed by atoms with Crippen LogP contribution in [0.2, 0.25) is 5.02 Å². The molecule has 4 nitrogen and oxygen atoms in total.